The number of carbonyl (C=O) groups excluding carboxylic acids is 3. The van der Waals surface area contributed by atoms with Crippen molar-refractivity contribution in [1.29, 1.82) is 0 Å². The fourth-order valence-electron chi connectivity index (χ4n) is 2.62. The fraction of sp³-hybridized carbons (Fsp3) is 0.211. The highest BCUT2D eigenvalue weighted by atomic mass is 16.5. The molecule has 25 heavy (non-hydrogen) atoms. The van der Waals surface area contributed by atoms with Crippen LogP contribution in [-0.4, -0.2) is 29.4 Å². The second-order valence-corrected chi connectivity index (χ2v) is 6.24. The number of phenolic OH excluding ortho intramolecular Hbond substituents is 1. The lowest BCUT2D eigenvalue weighted by atomic mass is 9.84. The van der Waals surface area contributed by atoms with Crippen LogP contribution in [0.2, 0.25) is 0 Å². The van der Waals surface area contributed by atoms with Crippen molar-refractivity contribution in [3.8, 4) is 5.75 Å². The van der Waals surface area contributed by atoms with Crippen molar-refractivity contribution < 1.29 is 24.2 Å². The Balaban J connectivity index is 1.94. The molecule has 2 N–H and O–H groups in total. The molecule has 0 heterocycles. The molecule has 0 spiro atoms. The third kappa shape index (κ3) is 3.10. The second-order valence-electron chi connectivity index (χ2n) is 6.24. The van der Waals surface area contributed by atoms with Gasteiger partial charge in [-0.1, -0.05) is 38.1 Å². The van der Waals surface area contributed by atoms with E-state index in [0.717, 1.165) is 0 Å². The van der Waals surface area contributed by atoms with Crippen LogP contribution in [0.3, 0.4) is 0 Å². The molecular weight excluding hydrogens is 322 g/mol. The van der Waals surface area contributed by atoms with Gasteiger partial charge in [0.2, 0.25) is 0 Å². The Kier molecular flexibility index (Phi) is 4.27. The lowest BCUT2D eigenvalue weighted by molar-refractivity contribution is 0.0979. The van der Waals surface area contributed by atoms with Crippen LogP contribution in [0, 0.1) is 5.92 Å². The molecule has 2 aromatic carbocycles. The smallest absolute Gasteiger partial charge is 0.411 e. The van der Waals surface area contributed by atoms with Crippen LogP contribution in [0.25, 0.3) is 0 Å². The normalized spacial score (nSPS) is 12.6. The van der Waals surface area contributed by atoms with Crippen molar-refractivity contribution in [2.75, 3.05) is 11.9 Å². The highest BCUT2D eigenvalue weighted by molar-refractivity contribution is 6.28. The van der Waals surface area contributed by atoms with Gasteiger partial charge in [-0.2, -0.15) is 0 Å². The van der Waals surface area contributed by atoms with Gasteiger partial charge in [0.25, 0.3) is 0 Å². The predicted octanol–water partition coefficient (Wildman–Crippen LogP) is 3.37. The van der Waals surface area contributed by atoms with Crippen LogP contribution in [0.15, 0.2) is 36.4 Å². The Labute approximate surface area is 144 Å². The zero-order chi connectivity index (χ0) is 18.1. The Morgan fingerprint density at radius 1 is 1.04 bits per heavy atom. The molecule has 0 bridgehead atoms. The minimum Gasteiger partial charge on any atom is -0.506 e. The number of rotatable bonds is 3. The summed E-state index contributed by atoms with van der Waals surface area (Å²) in [5, 5.41) is 12.5. The summed E-state index contributed by atoms with van der Waals surface area (Å²) >= 11 is 0. The van der Waals surface area contributed by atoms with E-state index >= 15 is 0 Å². The van der Waals surface area contributed by atoms with E-state index in [1.165, 1.54) is 12.1 Å². The van der Waals surface area contributed by atoms with E-state index in [1.807, 2.05) is 13.8 Å². The number of nitrogens with one attached hydrogen (secondary N) is 1. The summed E-state index contributed by atoms with van der Waals surface area (Å²) in [6.07, 6.45) is -0.737. The summed E-state index contributed by atoms with van der Waals surface area (Å²) in [6, 6.07) is 9.01. The molecule has 3 rings (SSSR count). The zero-order valence-electron chi connectivity index (χ0n) is 13.8. The largest absolute Gasteiger partial charge is 0.506 e. The van der Waals surface area contributed by atoms with Crippen LogP contribution in [0.1, 0.15) is 45.7 Å². The average Bonchev–Trinajstić information content (AvgIpc) is 2.59. The Morgan fingerprint density at radius 2 is 1.60 bits per heavy atom. The van der Waals surface area contributed by atoms with Gasteiger partial charge < -0.3 is 9.84 Å². The van der Waals surface area contributed by atoms with Crippen molar-refractivity contribution in [2.24, 2.45) is 5.92 Å². The minimum absolute atomic E-state index is 0.0213. The summed E-state index contributed by atoms with van der Waals surface area (Å²) in [5.41, 5.74) is 0.881. The van der Waals surface area contributed by atoms with Gasteiger partial charge in [-0.3, -0.25) is 14.9 Å². The number of hydrogen-bond acceptors (Lipinski definition) is 5. The predicted molar refractivity (Wildman–Crippen MR) is 91.2 cm³/mol. The zero-order valence-corrected chi connectivity index (χ0v) is 13.8. The standard InChI is InChI=1S/C19H17NO5/c1-10(2)9-25-19(24)20-15-7-13-14(8-16(15)21)18(23)12-6-4-3-5-11(12)17(13)22/h3-8,10,21H,9H2,1-2H3,(H,20,24). The quantitative estimate of drug-likeness (QED) is 0.714. The third-order valence-corrected chi connectivity index (χ3v) is 3.83. The van der Waals surface area contributed by atoms with E-state index < -0.39 is 6.09 Å². The van der Waals surface area contributed by atoms with Gasteiger partial charge in [-0.25, -0.2) is 4.79 Å². The summed E-state index contributed by atoms with van der Waals surface area (Å²) < 4.78 is 5.00. The SMILES string of the molecule is CC(C)COC(=O)Nc1cc2c(cc1O)C(=O)c1ccccc1C2=O. The maximum Gasteiger partial charge on any atom is 0.411 e. The maximum absolute atomic E-state index is 12.6. The molecule has 0 saturated heterocycles. The minimum atomic E-state index is -0.737. The molecule has 1 amide bonds. The number of phenols is 1. The number of benzene rings is 2. The summed E-state index contributed by atoms with van der Waals surface area (Å²) in [6.45, 7) is 4.01. The molecule has 128 valence electrons. The summed E-state index contributed by atoms with van der Waals surface area (Å²) in [7, 11) is 0. The van der Waals surface area contributed by atoms with E-state index in [4.69, 9.17) is 4.74 Å². The molecule has 0 aliphatic heterocycles. The van der Waals surface area contributed by atoms with Crippen molar-refractivity contribution >= 4 is 23.3 Å². The lowest BCUT2D eigenvalue weighted by Crippen LogP contribution is -2.22. The number of hydrogen-bond donors (Lipinski definition) is 2. The van der Waals surface area contributed by atoms with Crippen LogP contribution in [-0.2, 0) is 4.74 Å². The first kappa shape index (κ1) is 16.7. The van der Waals surface area contributed by atoms with Gasteiger partial charge in [0.15, 0.2) is 11.6 Å². The molecule has 0 atom stereocenters. The second kappa shape index (κ2) is 6.39. The summed E-state index contributed by atoms with van der Waals surface area (Å²) in [4.78, 5) is 37.0. The van der Waals surface area contributed by atoms with Crippen molar-refractivity contribution in [1.82, 2.24) is 0 Å². The van der Waals surface area contributed by atoms with Crippen LogP contribution < -0.4 is 5.32 Å². The van der Waals surface area contributed by atoms with Gasteiger partial charge in [0, 0.05) is 22.3 Å². The first-order chi connectivity index (χ1) is 11.9. The maximum atomic E-state index is 12.6. The first-order valence-electron chi connectivity index (χ1n) is 7.87. The molecule has 0 fully saturated rings. The molecule has 1 aliphatic carbocycles. The van der Waals surface area contributed by atoms with Crippen molar-refractivity contribution in [3.63, 3.8) is 0 Å². The van der Waals surface area contributed by atoms with E-state index in [1.54, 1.807) is 24.3 Å². The van der Waals surface area contributed by atoms with Gasteiger partial charge in [0.1, 0.15) is 5.75 Å². The molecule has 0 saturated carbocycles. The first-order valence-corrected chi connectivity index (χ1v) is 7.87. The number of ether oxygens (including phenoxy) is 1. The molecule has 2 aromatic rings. The van der Waals surface area contributed by atoms with Crippen LogP contribution in [0.4, 0.5) is 10.5 Å². The van der Waals surface area contributed by atoms with Gasteiger partial charge in [-0.05, 0) is 18.1 Å². The Bertz CT molecular complexity index is 885. The number of amides is 1. The monoisotopic (exact) mass is 339 g/mol. The van der Waals surface area contributed by atoms with E-state index in [9.17, 15) is 19.5 Å². The van der Waals surface area contributed by atoms with Gasteiger partial charge in [-0.15, -0.1) is 0 Å². The number of aromatic hydroxyl groups is 1. The molecule has 6 nitrogen and oxygen atoms in total. The average molecular weight is 339 g/mol. The molecule has 0 unspecified atom stereocenters. The molecule has 0 aromatic heterocycles. The molecule has 6 heteroatoms. The van der Waals surface area contributed by atoms with E-state index in [2.05, 4.69) is 5.32 Å². The van der Waals surface area contributed by atoms with Crippen molar-refractivity contribution in [2.45, 2.75) is 13.8 Å². The van der Waals surface area contributed by atoms with Crippen LogP contribution >= 0.6 is 0 Å². The highest BCUT2D eigenvalue weighted by Crippen LogP contribution is 2.34. The van der Waals surface area contributed by atoms with E-state index in [-0.39, 0.29) is 46.7 Å². The van der Waals surface area contributed by atoms with Gasteiger partial charge in [0.05, 0.1) is 12.3 Å². The molecule has 1 aliphatic rings. The topological polar surface area (TPSA) is 92.7 Å². The molecule has 0 radical (unpaired) electrons. The third-order valence-electron chi connectivity index (χ3n) is 3.83. The van der Waals surface area contributed by atoms with Gasteiger partial charge >= 0.3 is 6.09 Å². The fourth-order valence-corrected chi connectivity index (χ4v) is 2.62. The van der Waals surface area contributed by atoms with Crippen molar-refractivity contribution in [3.05, 3.63) is 58.7 Å². The number of carbonyl (C=O) groups is 3. The Morgan fingerprint density at radius 3 is 2.16 bits per heavy atom. The molecular formula is C19H17NO5. The number of fused-ring (bicyclic) bond motifs is 2. The highest BCUT2D eigenvalue weighted by Gasteiger charge is 2.30. The summed E-state index contributed by atoms with van der Waals surface area (Å²) in [5.74, 6) is -0.808. The number of anilines is 1. The lowest BCUT2D eigenvalue weighted by Gasteiger charge is -2.19. The van der Waals surface area contributed by atoms with E-state index in [0.29, 0.717) is 11.1 Å². The Hall–Kier alpha value is -3.15. The van der Waals surface area contributed by atoms with Crippen LogP contribution in [0.5, 0.6) is 5.75 Å². The number of ketones is 2.